The van der Waals surface area contributed by atoms with Crippen LogP contribution in [0.5, 0.6) is 11.5 Å². The van der Waals surface area contributed by atoms with Gasteiger partial charge in [0.2, 0.25) is 0 Å². The summed E-state index contributed by atoms with van der Waals surface area (Å²) in [5.41, 5.74) is 3.30. The smallest absolute Gasteiger partial charge is 0.123 e. The molecular weight excluding hydrogens is 202 g/mol. The highest BCUT2D eigenvalue weighted by Gasteiger charge is 2.28. The maximum Gasteiger partial charge on any atom is 0.123 e. The Bertz CT molecular complexity index is 422. The summed E-state index contributed by atoms with van der Waals surface area (Å²) in [6, 6.07) is 1.96. The zero-order valence-electron chi connectivity index (χ0n) is 9.55. The van der Waals surface area contributed by atoms with Gasteiger partial charge < -0.3 is 15.2 Å². The summed E-state index contributed by atoms with van der Waals surface area (Å²) in [5, 5.41) is 13.6. The second kappa shape index (κ2) is 3.67. The van der Waals surface area contributed by atoms with E-state index >= 15 is 0 Å². The highest BCUT2D eigenvalue weighted by molar-refractivity contribution is 5.56. The molecule has 1 atom stereocenters. The van der Waals surface area contributed by atoms with Crippen molar-refractivity contribution in [2.45, 2.75) is 25.7 Å². The number of ether oxygens (including phenoxy) is 1. The van der Waals surface area contributed by atoms with E-state index < -0.39 is 0 Å². The van der Waals surface area contributed by atoms with E-state index in [-0.39, 0.29) is 0 Å². The number of hydrogen-bond donors (Lipinski definition) is 2. The molecule has 0 bridgehead atoms. The Labute approximate surface area is 95.4 Å². The van der Waals surface area contributed by atoms with E-state index in [4.69, 9.17) is 4.74 Å². The van der Waals surface area contributed by atoms with Gasteiger partial charge in [0, 0.05) is 30.0 Å². The zero-order chi connectivity index (χ0) is 11.1. The van der Waals surface area contributed by atoms with Crippen molar-refractivity contribution in [3.8, 4) is 11.5 Å². The van der Waals surface area contributed by atoms with Gasteiger partial charge in [-0.3, -0.25) is 0 Å². The maximum atomic E-state index is 10.2. The van der Waals surface area contributed by atoms with Gasteiger partial charge >= 0.3 is 0 Å². The van der Waals surface area contributed by atoms with E-state index in [0.717, 1.165) is 49.4 Å². The third-order valence-electron chi connectivity index (χ3n) is 3.68. The maximum absolute atomic E-state index is 10.2. The molecule has 0 spiro atoms. The second-order valence-corrected chi connectivity index (χ2v) is 4.72. The Morgan fingerprint density at radius 3 is 3.12 bits per heavy atom. The second-order valence-electron chi connectivity index (χ2n) is 4.72. The molecule has 0 aliphatic carbocycles. The van der Waals surface area contributed by atoms with E-state index in [0.29, 0.717) is 11.7 Å². The van der Waals surface area contributed by atoms with Gasteiger partial charge in [0.05, 0.1) is 6.61 Å². The minimum atomic E-state index is 0.454. The van der Waals surface area contributed by atoms with Crippen molar-refractivity contribution in [2.75, 3.05) is 19.7 Å². The molecule has 16 heavy (non-hydrogen) atoms. The highest BCUT2D eigenvalue weighted by Crippen LogP contribution is 2.42. The van der Waals surface area contributed by atoms with Crippen LogP contribution in [0.25, 0.3) is 0 Å². The molecular formula is C13H17NO2. The van der Waals surface area contributed by atoms with E-state index in [2.05, 4.69) is 5.32 Å². The monoisotopic (exact) mass is 219 g/mol. The van der Waals surface area contributed by atoms with Crippen molar-refractivity contribution in [3.05, 3.63) is 22.8 Å². The van der Waals surface area contributed by atoms with Crippen molar-refractivity contribution in [1.29, 1.82) is 0 Å². The molecule has 2 heterocycles. The van der Waals surface area contributed by atoms with Gasteiger partial charge in [-0.05, 0) is 31.5 Å². The predicted octanol–water partition coefficient (Wildman–Crippen LogP) is 1.71. The lowest BCUT2D eigenvalue weighted by molar-refractivity contribution is 0.356. The van der Waals surface area contributed by atoms with Crippen molar-refractivity contribution in [2.24, 2.45) is 0 Å². The van der Waals surface area contributed by atoms with Crippen LogP contribution in [-0.2, 0) is 6.42 Å². The quantitative estimate of drug-likeness (QED) is 0.755. The lowest BCUT2D eigenvalue weighted by Gasteiger charge is -2.17. The normalized spacial score (nSPS) is 23.2. The number of aryl methyl sites for hydroxylation is 1. The van der Waals surface area contributed by atoms with Crippen LogP contribution >= 0.6 is 0 Å². The molecule has 1 unspecified atom stereocenters. The highest BCUT2D eigenvalue weighted by atomic mass is 16.5. The molecule has 2 aliphatic heterocycles. The number of phenols is 1. The summed E-state index contributed by atoms with van der Waals surface area (Å²) in [6.45, 7) is 4.73. The number of phenolic OH excluding ortho intramolecular Hbond substituents is 1. The topological polar surface area (TPSA) is 41.5 Å². The molecule has 1 aromatic rings. The van der Waals surface area contributed by atoms with E-state index in [1.165, 1.54) is 5.56 Å². The molecule has 2 aliphatic rings. The van der Waals surface area contributed by atoms with Crippen LogP contribution in [0, 0.1) is 6.92 Å². The van der Waals surface area contributed by atoms with E-state index in [1.54, 1.807) is 0 Å². The molecule has 3 nitrogen and oxygen atoms in total. The summed E-state index contributed by atoms with van der Waals surface area (Å²) in [5.74, 6) is 1.92. The summed E-state index contributed by atoms with van der Waals surface area (Å²) < 4.78 is 5.60. The zero-order valence-corrected chi connectivity index (χ0v) is 9.55. The first-order valence-corrected chi connectivity index (χ1v) is 5.96. The van der Waals surface area contributed by atoms with Gasteiger partial charge in [0.15, 0.2) is 0 Å². The van der Waals surface area contributed by atoms with Gasteiger partial charge in [0.25, 0.3) is 0 Å². The minimum absolute atomic E-state index is 0.454. The third kappa shape index (κ3) is 1.39. The number of fused-ring (bicyclic) bond motifs is 1. The molecule has 0 saturated carbocycles. The van der Waals surface area contributed by atoms with Gasteiger partial charge in [-0.15, -0.1) is 0 Å². The molecule has 1 fully saturated rings. The number of benzene rings is 1. The van der Waals surface area contributed by atoms with Crippen LogP contribution in [0.3, 0.4) is 0 Å². The van der Waals surface area contributed by atoms with Gasteiger partial charge in [-0.1, -0.05) is 0 Å². The van der Waals surface area contributed by atoms with Gasteiger partial charge in [-0.25, -0.2) is 0 Å². The Balaban J connectivity index is 2.14. The Hall–Kier alpha value is -1.22. The first-order valence-electron chi connectivity index (χ1n) is 5.96. The fourth-order valence-electron chi connectivity index (χ4n) is 2.83. The fourth-order valence-corrected chi connectivity index (χ4v) is 2.83. The SMILES string of the molecule is Cc1cc2c(c(C3CCNC3)c1O)CCO2. The van der Waals surface area contributed by atoms with Crippen molar-refractivity contribution >= 4 is 0 Å². The van der Waals surface area contributed by atoms with Crippen LogP contribution in [0.2, 0.25) is 0 Å². The number of aromatic hydroxyl groups is 1. The van der Waals surface area contributed by atoms with Crippen molar-refractivity contribution < 1.29 is 9.84 Å². The predicted molar refractivity (Wildman–Crippen MR) is 62.3 cm³/mol. The fraction of sp³-hybridized carbons (Fsp3) is 0.538. The summed E-state index contributed by atoms with van der Waals surface area (Å²) in [4.78, 5) is 0. The molecule has 0 aromatic heterocycles. The molecule has 1 saturated heterocycles. The van der Waals surface area contributed by atoms with Crippen molar-refractivity contribution in [1.82, 2.24) is 5.32 Å². The number of rotatable bonds is 1. The molecule has 3 rings (SSSR count). The van der Waals surface area contributed by atoms with E-state index in [1.807, 2.05) is 13.0 Å². The number of nitrogens with one attached hydrogen (secondary N) is 1. The lowest BCUT2D eigenvalue weighted by atomic mass is 9.89. The first kappa shape index (κ1) is 9.97. The molecule has 86 valence electrons. The lowest BCUT2D eigenvalue weighted by Crippen LogP contribution is -2.09. The number of hydrogen-bond acceptors (Lipinski definition) is 3. The molecule has 2 N–H and O–H groups in total. The van der Waals surface area contributed by atoms with Crippen LogP contribution in [0.1, 0.15) is 29.0 Å². The molecule has 1 aromatic carbocycles. The summed E-state index contributed by atoms with van der Waals surface area (Å²) in [7, 11) is 0. The van der Waals surface area contributed by atoms with Crippen molar-refractivity contribution in [3.63, 3.8) is 0 Å². The van der Waals surface area contributed by atoms with Crippen LogP contribution < -0.4 is 10.1 Å². The molecule has 0 radical (unpaired) electrons. The Morgan fingerprint density at radius 1 is 1.50 bits per heavy atom. The van der Waals surface area contributed by atoms with Crippen LogP contribution in [0.15, 0.2) is 6.07 Å². The van der Waals surface area contributed by atoms with Gasteiger partial charge in [-0.2, -0.15) is 0 Å². The standard InChI is InChI=1S/C13H17NO2/c1-8-6-11-10(3-5-16-11)12(13(8)15)9-2-4-14-7-9/h6,9,14-15H,2-5,7H2,1H3. The molecule has 3 heteroatoms. The van der Waals surface area contributed by atoms with Gasteiger partial charge in [0.1, 0.15) is 11.5 Å². The largest absolute Gasteiger partial charge is 0.507 e. The average Bonchev–Trinajstić information content (AvgIpc) is 2.89. The van der Waals surface area contributed by atoms with Crippen LogP contribution in [0.4, 0.5) is 0 Å². The minimum Gasteiger partial charge on any atom is -0.507 e. The molecule has 0 amide bonds. The van der Waals surface area contributed by atoms with E-state index in [9.17, 15) is 5.11 Å². The summed E-state index contributed by atoms with van der Waals surface area (Å²) in [6.07, 6.45) is 2.05. The Morgan fingerprint density at radius 2 is 2.38 bits per heavy atom. The Kier molecular flexibility index (Phi) is 2.28. The average molecular weight is 219 g/mol. The third-order valence-corrected chi connectivity index (χ3v) is 3.68. The van der Waals surface area contributed by atoms with Crippen LogP contribution in [-0.4, -0.2) is 24.8 Å². The summed E-state index contributed by atoms with van der Waals surface area (Å²) >= 11 is 0. The first-order chi connectivity index (χ1) is 7.77.